The highest BCUT2D eigenvalue weighted by Crippen LogP contribution is 2.41. The molecule has 4 amide bonds. The van der Waals surface area contributed by atoms with Crippen LogP contribution < -0.4 is 15.4 Å². The van der Waals surface area contributed by atoms with Gasteiger partial charge in [0.2, 0.25) is 5.91 Å². The maximum Gasteiger partial charge on any atom is 0.325 e. The van der Waals surface area contributed by atoms with Crippen LogP contribution in [0.1, 0.15) is 12.0 Å². The minimum absolute atomic E-state index is 0.296. The molecule has 1 spiro atoms. The van der Waals surface area contributed by atoms with E-state index in [1.54, 1.807) is 41.7 Å². The Morgan fingerprint density at radius 1 is 1.06 bits per heavy atom. The van der Waals surface area contributed by atoms with E-state index in [9.17, 15) is 14.4 Å². The monoisotopic (exact) mass is 484 g/mol. The molecular formula is C26H20N4O4S. The summed E-state index contributed by atoms with van der Waals surface area (Å²) in [5.41, 5.74) is 1.86. The molecule has 2 aliphatic heterocycles. The van der Waals surface area contributed by atoms with Gasteiger partial charge in [-0.2, -0.15) is 0 Å². The minimum Gasteiger partial charge on any atom is -0.493 e. The van der Waals surface area contributed by atoms with E-state index in [1.165, 1.54) is 0 Å². The summed E-state index contributed by atoms with van der Waals surface area (Å²) in [6, 6.07) is 21.8. The average molecular weight is 485 g/mol. The van der Waals surface area contributed by atoms with E-state index >= 15 is 0 Å². The number of amides is 4. The summed E-state index contributed by atoms with van der Waals surface area (Å²) in [4.78, 5) is 44.4. The predicted octanol–water partition coefficient (Wildman–Crippen LogP) is 4.13. The number of para-hydroxylation sites is 2. The number of carbonyl (C=O) groups is 3. The van der Waals surface area contributed by atoms with E-state index in [2.05, 4.69) is 15.6 Å². The predicted molar refractivity (Wildman–Crippen MR) is 132 cm³/mol. The van der Waals surface area contributed by atoms with Crippen LogP contribution in [0.25, 0.3) is 20.8 Å². The van der Waals surface area contributed by atoms with Gasteiger partial charge in [-0.1, -0.05) is 30.3 Å². The van der Waals surface area contributed by atoms with Gasteiger partial charge in [-0.3, -0.25) is 14.5 Å². The third-order valence-electron chi connectivity index (χ3n) is 6.27. The summed E-state index contributed by atoms with van der Waals surface area (Å²) in [6.07, 6.45) is 0.305. The molecule has 3 aromatic carbocycles. The topological polar surface area (TPSA) is 101 Å². The number of nitrogens with zero attached hydrogens (tertiary/aromatic N) is 2. The zero-order valence-electron chi connectivity index (χ0n) is 18.5. The minimum atomic E-state index is -1.20. The average Bonchev–Trinajstić information content (AvgIpc) is 3.40. The Balaban J connectivity index is 1.16. The fourth-order valence-electron chi connectivity index (χ4n) is 4.55. The van der Waals surface area contributed by atoms with Crippen LogP contribution in [0.2, 0.25) is 0 Å². The van der Waals surface area contributed by atoms with Crippen molar-refractivity contribution in [3.05, 3.63) is 78.4 Å². The van der Waals surface area contributed by atoms with Gasteiger partial charge >= 0.3 is 6.03 Å². The fraction of sp³-hybridized carbons (Fsp3) is 0.154. The van der Waals surface area contributed by atoms with Crippen molar-refractivity contribution in [1.82, 2.24) is 15.2 Å². The van der Waals surface area contributed by atoms with Crippen molar-refractivity contribution in [3.8, 4) is 16.3 Å². The maximum absolute atomic E-state index is 13.3. The van der Waals surface area contributed by atoms with Crippen molar-refractivity contribution in [3.63, 3.8) is 0 Å². The molecule has 0 bridgehead atoms. The van der Waals surface area contributed by atoms with E-state index in [1.807, 2.05) is 42.5 Å². The summed E-state index contributed by atoms with van der Waals surface area (Å²) in [7, 11) is 0. The summed E-state index contributed by atoms with van der Waals surface area (Å²) < 4.78 is 6.75. The highest BCUT2D eigenvalue weighted by molar-refractivity contribution is 7.21. The Labute approximate surface area is 204 Å². The smallest absolute Gasteiger partial charge is 0.325 e. The zero-order chi connectivity index (χ0) is 24.0. The number of carbonyl (C=O) groups excluding carboxylic acids is 3. The first kappa shape index (κ1) is 21.3. The molecule has 0 unspecified atom stereocenters. The van der Waals surface area contributed by atoms with E-state index < -0.39 is 23.4 Å². The summed E-state index contributed by atoms with van der Waals surface area (Å²) in [6.45, 7) is -0.0842. The van der Waals surface area contributed by atoms with Gasteiger partial charge in [-0.25, -0.2) is 9.78 Å². The third kappa shape index (κ3) is 3.60. The molecule has 1 aromatic heterocycles. The number of ether oxygens (including phenoxy) is 1. The van der Waals surface area contributed by atoms with Crippen molar-refractivity contribution in [1.29, 1.82) is 0 Å². The molecule has 3 heterocycles. The molecular weight excluding hydrogens is 464 g/mol. The first-order chi connectivity index (χ1) is 17.0. The number of rotatable bonds is 4. The number of fused-ring (bicyclic) bond motifs is 3. The van der Waals surface area contributed by atoms with Crippen molar-refractivity contribution in [2.24, 2.45) is 0 Å². The van der Waals surface area contributed by atoms with Gasteiger partial charge in [-0.05, 0) is 42.5 Å². The number of anilines is 1. The lowest BCUT2D eigenvalue weighted by atomic mass is 9.84. The van der Waals surface area contributed by atoms with Crippen LogP contribution in [0.15, 0.2) is 72.8 Å². The summed E-state index contributed by atoms with van der Waals surface area (Å²) in [5.74, 6) is -0.342. The van der Waals surface area contributed by atoms with Gasteiger partial charge in [0.15, 0.2) is 5.54 Å². The molecule has 1 atom stereocenters. The largest absolute Gasteiger partial charge is 0.493 e. The van der Waals surface area contributed by atoms with Crippen molar-refractivity contribution >= 4 is 45.1 Å². The quantitative estimate of drug-likeness (QED) is 0.424. The van der Waals surface area contributed by atoms with Gasteiger partial charge in [0.05, 0.1) is 16.8 Å². The number of urea groups is 1. The lowest BCUT2D eigenvalue weighted by Gasteiger charge is -2.33. The molecule has 0 saturated carbocycles. The van der Waals surface area contributed by atoms with E-state index in [0.29, 0.717) is 30.0 Å². The Morgan fingerprint density at radius 2 is 1.83 bits per heavy atom. The number of hydrogen-bond acceptors (Lipinski definition) is 6. The number of thiazole rings is 1. The second kappa shape index (κ2) is 8.21. The van der Waals surface area contributed by atoms with Crippen LogP contribution in [0.4, 0.5) is 10.5 Å². The standard InChI is InChI=1S/C26H20N4O4S/c31-22(27-17-11-9-16(10-12-17)23-28-19-6-2-4-8-21(19)35-23)15-30-24(32)26(29-25(30)33)13-14-34-20-7-3-1-5-18(20)26/h1-12H,13-15H2,(H,27,31)(H,29,33)/t26-/m1/s1. The second-order valence-corrected chi connectivity index (χ2v) is 9.46. The fourth-order valence-corrected chi connectivity index (χ4v) is 5.52. The number of benzene rings is 3. The number of nitrogens with one attached hydrogen (secondary N) is 2. The van der Waals surface area contributed by atoms with Crippen LogP contribution in [0, 0.1) is 0 Å². The number of imide groups is 1. The van der Waals surface area contributed by atoms with Crippen LogP contribution in [0.5, 0.6) is 5.75 Å². The Bertz CT molecular complexity index is 1450. The Hall–Kier alpha value is -4.24. The van der Waals surface area contributed by atoms with Gasteiger partial charge in [0, 0.05) is 23.2 Å². The van der Waals surface area contributed by atoms with Crippen LogP contribution >= 0.6 is 11.3 Å². The molecule has 2 N–H and O–H groups in total. The third-order valence-corrected chi connectivity index (χ3v) is 7.35. The molecule has 35 heavy (non-hydrogen) atoms. The van der Waals surface area contributed by atoms with Crippen molar-refractivity contribution < 1.29 is 19.1 Å². The van der Waals surface area contributed by atoms with Gasteiger partial charge in [0.1, 0.15) is 17.3 Å². The molecule has 9 heteroatoms. The highest BCUT2D eigenvalue weighted by Gasteiger charge is 2.55. The molecule has 1 fully saturated rings. The lowest BCUT2D eigenvalue weighted by molar-refractivity contribution is -0.135. The Kier molecular flexibility index (Phi) is 5.00. The van der Waals surface area contributed by atoms with Crippen molar-refractivity contribution in [2.75, 3.05) is 18.5 Å². The highest BCUT2D eigenvalue weighted by atomic mass is 32.1. The molecule has 0 aliphatic carbocycles. The van der Waals surface area contributed by atoms with Gasteiger partial charge < -0.3 is 15.4 Å². The first-order valence-electron chi connectivity index (χ1n) is 11.2. The number of hydrogen-bond donors (Lipinski definition) is 2. The summed E-state index contributed by atoms with van der Waals surface area (Å²) in [5, 5.41) is 6.47. The molecule has 8 nitrogen and oxygen atoms in total. The van der Waals surface area contributed by atoms with Crippen LogP contribution in [-0.4, -0.2) is 40.9 Å². The normalized spacial score (nSPS) is 18.9. The van der Waals surface area contributed by atoms with E-state index in [0.717, 1.165) is 25.7 Å². The molecule has 0 radical (unpaired) electrons. The molecule has 1 saturated heterocycles. The second-order valence-electron chi connectivity index (χ2n) is 8.43. The lowest BCUT2D eigenvalue weighted by Crippen LogP contribution is -2.48. The van der Waals surface area contributed by atoms with E-state index in [-0.39, 0.29) is 6.54 Å². The molecule has 174 valence electrons. The zero-order valence-corrected chi connectivity index (χ0v) is 19.3. The summed E-state index contributed by atoms with van der Waals surface area (Å²) >= 11 is 1.60. The van der Waals surface area contributed by atoms with E-state index in [4.69, 9.17) is 4.74 Å². The van der Waals surface area contributed by atoms with Gasteiger partial charge in [-0.15, -0.1) is 11.3 Å². The number of aromatic nitrogens is 1. The van der Waals surface area contributed by atoms with Crippen LogP contribution in [-0.2, 0) is 15.1 Å². The Morgan fingerprint density at radius 3 is 2.66 bits per heavy atom. The first-order valence-corrected chi connectivity index (χ1v) is 12.0. The van der Waals surface area contributed by atoms with Crippen molar-refractivity contribution in [2.45, 2.75) is 12.0 Å². The SMILES string of the molecule is O=C(CN1C(=O)N[C@@]2(CCOc3ccccc32)C1=O)Nc1ccc(-c2nc3ccccc3s2)cc1. The maximum atomic E-state index is 13.3. The molecule has 4 aromatic rings. The van der Waals surface area contributed by atoms with Crippen LogP contribution in [0.3, 0.4) is 0 Å². The van der Waals surface area contributed by atoms with Gasteiger partial charge in [0.25, 0.3) is 5.91 Å². The molecule has 2 aliphatic rings. The molecule has 6 rings (SSSR count).